The lowest BCUT2D eigenvalue weighted by molar-refractivity contribution is 0.103. The number of carbonyl (C=O) groups is 1. The van der Waals surface area contributed by atoms with E-state index >= 15 is 0 Å². The van der Waals surface area contributed by atoms with Crippen LogP contribution in [0.3, 0.4) is 0 Å². The molecular formula is C17H15N3OS2. The van der Waals surface area contributed by atoms with Crippen molar-refractivity contribution in [3.63, 3.8) is 0 Å². The number of nitrogens with zero attached hydrogens (tertiary/aromatic N) is 2. The Labute approximate surface area is 143 Å². The van der Waals surface area contributed by atoms with E-state index in [1.807, 2.05) is 49.6 Å². The fraction of sp³-hybridized carbons (Fsp3) is 0.118. The summed E-state index contributed by atoms with van der Waals surface area (Å²) >= 11 is 3.02. The number of rotatable bonds is 4. The first-order valence-electron chi connectivity index (χ1n) is 7.00. The zero-order valence-corrected chi connectivity index (χ0v) is 14.4. The second-order valence-corrected chi connectivity index (χ2v) is 6.74. The third-order valence-corrected chi connectivity index (χ3v) is 5.17. The number of aromatic nitrogens is 2. The summed E-state index contributed by atoms with van der Waals surface area (Å²) < 4.78 is 0. The van der Waals surface area contributed by atoms with Crippen molar-refractivity contribution in [1.82, 2.24) is 9.97 Å². The molecule has 0 saturated heterocycles. The average Bonchev–Trinajstić information content (AvgIpc) is 2.98. The number of hydrogen-bond donors (Lipinski definition) is 1. The van der Waals surface area contributed by atoms with E-state index in [4.69, 9.17) is 0 Å². The maximum Gasteiger partial charge on any atom is 0.267 e. The van der Waals surface area contributed by atoms with Gasteiger partial charge < -0.3 is 5.32 Å². The summed E-state index contributed by atoms with van der Waals surface area (Å²) in [6.07, 6.45) is 5.48. The summed E-state index contributed by atoms with van der Waals surface area (Å²) in [5.74, 6) is -0.131. The molecule has 4 nitrogen and oxygen atoms in total. The molecule has 23 heavy (non-hydrogen) atoms. The molecule has 116 valence electrons. The van der Waals surface area contributed by atoms with E-state index in [-0.39, 0.29) is 5.91 Å². The second-order valence-electron chi connectivity index (χ2n) is 4.86. The van der Waals surface area contributed by atoms with Crippen LogP contribution in [0.5, 0.6) is 0 Å². The minimum atomic E-state index is -0.131. The molecule has 0 bridgehead atoms. The van der Waals surface area contributed by atoms with Gasteiger partial charge >= 0.3 is 0 Å². The van der Waals surface area contributed by atoms with Crippen molar-refractivity contribution in [2.24, 2.45) is 0 Å². The molecule has 2 aromatic heterocycles. The summed E-state index contributed by atoms with van der Waals surface area (Å²) in [6.45, 7) is 1.85. The Morgan fingerprint density at radius 3 is 2.87 bits per heavy atom. The van der Waals surface area contributed by atoms with Crippen molar-refractivity contribution < 1.29 is 4.79 Å². The molecule has 1 amide bonds. The summed E-state index contributed by atoms with van der Waals surface area (Å²) in [7, 11) is 0. The molecule has 0 unspecified atom stereocenters. The highest BCUT2D eigenvalue weighted by Gasteiger charge is 2.16. The molecule has 3 rings (SSSR count). The summed E-state index contributed by atoms with van der Waals surface area (Å²) in [5, 5.41) is 3.75. The predicted molar refractivity (Wildman–Crippen MR) is 96.3 cm³/mol. The first kappa shape index (κ1) is 15.7. The minimum Gasteiger partial charge on any atom is -0.321 e. The number of carbonyl (C=O) groups excluding carboxylic acids is 1. The van der Waals surface area contributed by atoms with Crippen LogP contribution in [-0.2, 0) is 0 Å². The molecule has 0 saturated carbocycles. The Bertz CT molecular complexity index is 831. The van der Waals surface area contributed by atoms with E-state index in [9.17, 15) is 4.79 Å². The fourth-order valence-electron chi connectivity index (χ4n) is 2.11. The van der Waals surface area contributed by atoms with Crippen molar-refractivity contribution in [2.75, 3.05) is 11.6 Å². The SMILES string of the molecule is CSc1cccc(NC(=O)c2sc(-c3cccnc3)nc2C)c1. The maximum atomic E-state index is 12.5. The van der Waals surface area contributed by atoms with Gasteiger partial charge in [-0.05, 0) is 43.5 Å². The van der Waals surface area contributed by atoms with Crippen LogP contribution in [0, 0.1) is 6.92 Å². The average molecular weight is 341 g/mol. The number of anilines is 1. The molecule has 1 aromatic carbocycles. The Morgan fingerprint density at radius 2 is 2.13 bits per heavy atom. The number of amides is 1. The molecule has 0 aliphatic heterocycles. The van der Waals surface area contributed by atoms with E-state index in [1.54, 1.807) is 24.2 Å². The van der Waals surface area contributed by atoms with Crippen LogP contribution in [0.15, 0.2) is 53.7 Å². The molecule has 0 aliphatic rings. The fourth-order valence-corrected chi connectivity index (χ4v) is 3.52. The zero-order valence-electron chi connectivity index (χ0n) is 12.7. The molecule has 0 atom stereocenters. The number of pyridine rings is 1. The van der Waals surface area contributed by atoms with Crippen molar-refractivity contribution >= 4 is 34.7 Å². The van der Waals surface area contributed by atoms with Crippen LogP contribution in [0.2, 0.25) is 0 Å². The summed E-state index contributed by atoms with van der Waals surface area (Å²) in [4.78, 5) is 22.8. The maximum absolute atomic E-state index is 12.5. The van der Waals surface area contributed by atoms with Crippen LogP contribution in [-0.4, -0.2) is 22.1 Å². The topological polar surface area (TPSA) is 54.9 Å². The van der Waals surface area contributed by atoms with Gasteiger partial charge in [0.25, 0.3) is 5.91 Å². The molecule has 0 fully saturated rings. The lowest BCUT2D eigenvalue weighted by Gasteiger charge is -2.05. The largest absolute Gasteiger partial charge is 0.321 e. The minimum absolute atomic E-state index is 0.131. The van der Waals surface area contributed by atoms with E-state index < -0.39 is 0 Å². The molecule has 6 heteroatoms. The molecule has 0 aliphatic carbocycles. The Kier molecular flexibility index (Phi) is 4.73. The third kappa shape index (κ3) is 3.60. The molecule has 3 aromatic rings. The van der Waals surface area contributed by atoms with Crippen LogP contribution in [0.4, 0.5) is 5.69 Å². The van der Waals surface area contributed by atoms with Crippen LogP contribution >= 0.6 is 23.1 Å². The van der Waals surface area contributed by atoms with Gasteiger partial charge in [0.2, 0.25) is 0 Å². The van der Waals surface area contributed by atoms with Gasteiger partial charge in [-0.2, -0.15) is 0 Å². The summed E-state index contributed by atoms with van der Waals surface area (Å²) in [6, 6.07) is 11.6. The lowest BCUT2D eigenvalue weighted by atomic mass is 10.3. The van der Waals surface area contributed by atoms with Crippen molar-refractivity contribution in [3.8, 4) is 10.6 Å². The third-order valence-electron chi connectivity index (χ3n) is 3.24. The number of aryl methyl sites for hydroxylation is 1. The van der Waals surface area contributed by atoms with Gasteiger partial charge in [-0.3, -0.25) is 9.78 Å². The highest BCUT2D eigenvalue weighted by atomic mass is 32.2. The van der Waals surface area contributed by atoms with Gasteiger partial charge in [0.15, 0.2) is 0 Å². The van der Waals surface area contributed by atoms with Crippen molar-refractivity contribution in [3.05, 3.63) is 59.4 Å². The Balaban J connectivity index is 1.84. The quantitative estimate of drug-likeness (QED) is 0.711. The van der Waals surface area contributed by atoms with E-state index in [0.717, 1.165) is 26.8 Å². The van der Waals surface area contributed by atoms with E-state index in [1.165, 1.54) is 11.3 Å². The Hall–Kier alpha value is -2.18. The van der Waals surface area contributed by atoms with Gasteiger partial charge in [0, 0.05) is 28.5 Å². The van der Waals surface area contributed by atoms with Crippen LogP contribution in [0.25, 0.3) is 10.6 Å². The predicted octanol–water partition coefficient (Wildman–Crippen LogP) is 4.49. The number of nitrogens with one attached hydrogen (secondary N) is 1. The van der Waals surface area contributed by atoms with E-state index in [0.29, 0.717) is 4.88 Å². The van der Waals surface area contributed by atoms with Crippen LogP contribution < -0.4 is 5.32 Å². The number of thiazole rings is 1. The first-order chi connectivity index (χ1) is 11.2. The molecule has 0 radical (unpaired) electrons. The smallest absolute Gasteiger partial charge is 0.267 e. The Morgan fingerprint density at radius 1 is 1.26 bits per heavy atom. The van der Waals surface area contributed by atoms with Gasteiger partial charge in [-0.25, -0.2) is 4.98 Å². The number of hydrogen-bond acceptors (Lipinski definition) is 5. The van der Waals surface area contributed by atoms with Gasteiger partial charge in [0.05, 0.1) is 5.69 Å². The molecule has 2 heterocycles. The van der Waals surface area contributed by atoms with E-state index in [2.05, 4.69) is 15.3 Å². The standard InChI is InChI=1S/C17H15N3OS2/c1-11-15(23-17(19-11)12-5-4-8-18-10-12)16(21)20-13-6-3-7-14(9-13)22-2/h3-10H,1-2H3,(H,20,21). The zero-order chi connectivity index (χ0) is 16.2. The number of benzene rings is 1. The van der Waals surface area contributed by atoms with Gasteiger partial charge in [-0.1, -0.05) is 6.07 Å². The monoisotopic (exact) mass is 341 g/mol. The molecule has 1 N–H and O–H groups in total. The highest BCUT2D eigenvalue weighted by Crippen LogP contribution is 2.28. The molecular weight excluding hydrogens is 326 g/mol. The second kappa shape index (κ2) is 6.93. The van der Waals surface area contributed by atoms with Gasteiger partial charge in [-0.15, -0.1) is 23.1 Å². The molecule has 0 spiro atoms. The van der Waals surface area contributed by atoms with Gasteiger partial charge in [0.1, 0.15) is 9.88 Å². The normalized spacial score (nSPS) is 10.5. The van der Waals surface area contributed by atoms with Crippen LogP contribution in [0.1, 0.15) is 15.4 Å². The summed E-state index contributed by atoms with van der Waals surface area (Å²) in [5.41, 5.74) is 2.44. The lowest BCUT2D eigenvalue weighted by Crippen LogP contribution is -2.11. The highest BCUT2D eigenvalue weighted by molar-refractivity contribution is 7.98. The van der Waals surface area contributed by atoms with Crippen molar-refractivity contribution in [2.45, 2.75) is 11.8 Å². The number of thioether (sulfide) groups is 1. The first-order valence-corrected chi connectivity index (χ1v) is 9.04. The van der Waals surface area contributed by atoms with Crippen molar-refractivity contribution in [1.29, 1.82) is 0 Å².